The molecule has 3 aromatic rings. The van der Waals surface area contributed by atoms with E-state index in [1.54, 1.807) is 41.5 Å². The van der Waals surface area contributed by atoms with Crippen LogP contribution in [0, 0.1) is 24.6 Å². The minimum absolute atomic E-state index is 0.0537. The lowest BCUT2D eigenvalue weighted by Crippen LogP contribution is -2.54. The van der Waals surface area contributed by atoms with Crippen molar-refractivity contribution in [2.45, 2.75) is 53.7 Å². The SMILES string of the molecule is CC#Cc1sc2c(c1C)c(=O)n(N(C)C(=O)OC(C)(C)C)c(=O)n2CC(=O)c1cc(F)ccc1OCC. The van der Waals surface area contributed by atoms with Crippen molar-refractivity contribution in [1.29, 1.82) is 0 Å². The Hall–Kier alpha value is -3.91. The summed E-state index contributed by atoms with van der Waals surface area (Å²) < 4.78 is 26.5. The van der Waals surface area contributed by atoms with Crippen molar-refractivity contribution in [3.8, 4) is 17.6 Å². The van der Waals surface area contributed by atoms with Crippen molar-refractivity contribution in [3.63, 3.8) is 0 Å². The number of halogens is 1. The number of hydrogen-bond donors (Lipinski definition) is 0. The molecule has 1 aromatic carbocycles. The quantitative estimate of drug-likeness (QED) is 0.356. The van der Waals surface area contributed by atoms with Crippen LogP contribution in [-0.2, 0) is 11.3 Å². The van der Waals surface area contributed by atoms with Crippen molar-refractivity contribution in [3.05, 3.63) is 60.9 Å². The van der Waals surface area contributed by atoms with Gasteiger partial charge in [0.1, 0.15) is 22.0 Å². The van der Waals surface area contributed by atoms with Crippen molar-refractivity contribution in [2.75, 3.05) is 18.7 Å². The number of carbonyl (C=O) groups is 2. The number of ketones is 1. The number of benzene rings is 1. The average molecular weight is 530 g/mol. The van der Waals surface area contributed by atoms with Gasteiger partial charge in [0.05, 0.1) is 29.0 Å². The predicted molar refractivity (Wildman–Crippen MR) is 140 cm³/mol. The third kappa shape index (κ3) is 5.59. The van der Waals surface area contributed by atoms with E-state index in [0.717, 1.165) is 27.0 Å². The lowest BCUT2D eigenvalue weighted by Gasteiger charge is -2.25. The molecule has 0 aliphatic rings. The van der Waals surface area contributed by atoms with Gasteiger partial charge in [0.2, 0.25) is 0 Å². The lowest BCUT2D eigenvalue weighted by atomic mass is 10.1. The van der Waals surface area contributed by atoms with Gasteiger partial charge in [-0.25, -0.2) is 19.0 Å². The second-order valence-electron chi connectivity index (χ2n) is 9.10. The molecule has 0 saturated carbocycles. The molecule has 0 aliphatic carbocycles. The number of Topliss-reactive ketones (excluding diaryl/α,β-unsaturated/α-hetero) is 1. The van der Waals surface area contributed by atoms with Crippen LogP contribution in [0.15, 0.2) is 27.8 Å². The van der Waals surface area contributed by atoms with Gasteiger partial charge in [0, 0.05) is 7.05 Å². The second-order valence-corrected chi connectivity index (χ2v) is 10.1. The van der Waals surface area contributed by atoms with E-state index in [1.807, 2.05) is 0 Å². The Morgan fingerprint density at radius 2 is 1.89 bits per heavy atom. The summed E-state index contributed by atoms with van der Waals surface area (Å²) in [5, 5.41) is 0.904. The van der Waals surface area contributed by atoms with Gasteiger partial charge in [0.25, 0.3) is 5.56 Å². The fraction of sp³-hybridized carbons (Fsp3) is 0.385. The number of aromatic nitrogens is 2. The number of rotatable bonds is 6. The molecule has 0 atom stereocenters. The predicted octanol–water partition coefficient (Wildman–Crippen LogP) is 3.83. The highest BCUT2D eigenvalue weighted by Gasteiger charge is 2.28. The molecule has 0 bridgehead atoms. The Kier molecular flexibility index (Phi) is 7.93. The van der Waals surface area contributed by atoms with Gasteiger partial charge in [0.15, 0.2) is 5.78 Å². The highest BCUT2D eigenvalue weighted by atomic mass is 32.1. The fourth-order valence-electron chi connectivity index (χ4n) is 3.61. The lowest BCUT2D eigenvalue weighted by molar-refractivity contribution is 0.0546. The number of aryl methyl sites for hydroxylation is 1. The van der Waals surface area contributed by atoms with E-state index < -0.39 is 41.1 Å². The molecule has 0 N–H and O–H groups in total. The maximum atomic E-state index is 14.0. The Balaban J connectivity index is 2.28. The van der Waals surface area contributed by atoms with Crippen molar-refractivity contribution in [1.82, 2.24) is 9.24 Å². The fourth-order valence-corrected chi connectivity index (χ4v) is 4.81. The zero-order chi connectivity index (χ0) is 27.7. The van der Waals surface area contributed by atoms with Crippen LogP contribution in [0.25, 0.3) is 10.2 Å². The van der Waals surface area contributed by atoms with Gasteiger partial charge in [-0.15, -0.1) is 17.3 Å². The Labute approximate surface area is 217 Å². The van der Waals surface area contributed by atoms with E-state index in [4.69, 9.17) is 9.47 Å². The van der Waals surface area contributed by atoms with Gasteiger partial charge in [-0.05, 0) is 65.3 Å². The summed E-state index contributed by atoms with van der Waals surface area (Å²) in [6.07, 6.45) is -0.936. The number of nitrogens with zero attached hydrogens (tertiary/aromatic N) is 3. The summed E-state index contributed by atoms with van der Waals surface area (Å²) >= 11 is 1.08. The summed E-state index contributed by atoms with van der Waals surface area (Å²) in [5.74, 6) is 4.57. The summed E-state index contributed by atoms with van der Waals surface area (Å²) in [5.41, 5.74) is -2.13. The molecule has 37 heavy (non-hydrogen) atoms. The van der Waals surface area contributed by atoms with Gasteiger partial charge in [-0.1, -0.05) is 5.92 Å². The first kappa shape index (κ1) is 27.7. The van der Waals surface area contributed by atoms with Crippen LogP contribution in [0.1, 0.15) is 55.4 Å². The van der Waals surface area contributed by atoms with Crippen LogP contribution in [0.2, 0.25) is 0 Å². The number of thiophene rings is 1. The first-order chi connectivity index (χ1) is 17.3. The van der Waals surface area contributed by atoms with E-state index in [1.165, 1.54) is 19.2 Å². The minimum Gasteiger partial charge on any atom is -0.493 e. The zero-order valence-corrected chi connectivity index (χ0v) is 22.5. The highest BCUT2D eigenvalue weighted by molar-refractivity contribution is 7.19. The molecule has 1 amide bonds. The Morgan fingerprint density at radius 1 is 1.22 bits per heavy atom. The number of hydrogen-bond acceptors (Lipinski definition) is 7. The van der Waals surface area contributed by atoms with Crippen molar-refractivity contribution in [2.24, 2.45) is 0 Å². The molecule has 0 radical (unpaired) electrons. The molecule has 196 valence electrons. The largest absolute Gasteiger partial charge is 0.493 e. The standard InChI is InChI=1S/C26H28FN3O6S/c1-8-10-20-15(3)21-22(32)30(28(7)25(34)36-26(4,5)6)24(33)29(23(21)37-20)14-18(31)17-13-16(27)11-12-19(17)35-9-2/h11-13H,9,14H2,1-7H3. The first-order valence-corrected chi connectivity index (χ1v) is 12.3. The van der Waals surface area contributed by atoms with Crippen LogP contribution in [0.5, 0.6) is 5.75 Å². The molecular weight excluding hydrogens is 501 g/mol. The van der Waals surface area contributed by atoms with E-state index in [-0.39, 0.29) is 28.1 Å². The molecular formula is C26H28FN3O6S. The number of carbonyl (C=O) groups excluding carboxylic acids is 2. The van der Waals surface area contributed by atoms with E-state index >= 15 is 0 Å². The third-order valence-corrected chi connectivity index (χ3v) is 6.46. The van der Waals surface area contributed by atoms with Gasteiger partial charge in [-0.2, -0.15) is 4.68 Å². The van der Waals surface area contributed by atoms with Crippen LogP contribution >= 0.6 is 11.3 Å². The summed E-state index contributed by atoms with van der Waals surface area (Å²) in [6, 6.07) is 3.54. The maximum absolute atomic E-state index is 14.0. The number of ether oxygens (including phenoxy) is 2. The average Bonchev–Trinajstić information content (AvgIpc) is 3.13. The van der Waals surface area contributed by atoms with Gasteiger partial charge < -0.3 is 9.47 Å². The topological polar surface area (TPSA) is 99.8 Å². The molecule has 0 unspecified atom stereocenters. The molecule has 0 fully saturated rings. The Bertz CT molecular complexity index is 1570. The molecule has 3 rings (SSSR count). The molecule has 11 heteroatoms. The minimum atomic E-state index is -0.939. The van der Waals surface area contributed by atoms with Crippen LogP contribution < -0.4 is 21.0 Å². The molecule has 0 aliphatic heterocycles. The second kappa shape index (κ2) is 10.6. The van der Waals surface area contributed by atoms with Gasteiger partial charge in [-0.3, -0.25) is 14.2 Å². The normalized spacial score (nSPS) is 11.1. The highest BCUT2D eigenvalue weighted by Crippen LogP contribution is 2.28. The van der Waals surface area contributed by atoms with E-state index in [2.05, 4.69) is 11.8 Å². The van der Waals surface area contributed by atoms with Crippen LogP contribution in [-0.4, -0.2) is 40.4 Å². The first-order valence-electron chi connectivity index (χ1n) is 11.4. The maximum Gasteiger partial charge on any atom is 0.429 e. The van der Waals surface area contributed by atoms with Crippen molar-refractivity contribution >= 4 is 33.4 Å². The number of fused-ring (bicyclic) bond motifs is 1. The molecule has 9 nitrogen and oxygen atoms in total. The number of amides is 1. The third-order valence-electron chi connectivity index (χ3n) is 5.23. The molecule has 2 heterocycles. The molecule has 0 spiro atoms. The van der Waals surface area contributed by atoms with Crippen LogP contribution in [0.4, 0.5) is 9.18 Å². The monoisotopic (exact) mass is 529 g/mol. The van der Waals surface area contributed by atoms with Gasteiger partial charge >= 0.3 is 11.8 Å². The molecule has 2 aromatic heterocycles. The smallest absolute Gasteiger partial charge is 0.429 e. The van der Waals surface area contributed by atoms with E-state index in [0.29, 0.717) is 15.1 Å². The summed E-state index contributed by atoms with van der Waals surface area (Å²) in [7, 11) is 1.23. The van der Waals surface area contributed by atoms with Crippen LogP contribution in [0.3, 0.4) is 0 Å². The van der Waals surface area contributed by atoms with Crippen molar-refractivity contribution < 1.29 is 23.5 Å². The molecule has 0 saturated heterocycles. The summed E-state index contributed by atoms with van der Waals surface area (Å²) in [6.45, 7) is 9.67. The summed E-state index contributed by atoms with van der Waals surface area (Å²) in [4.78, 5) is 54.0. The van der Waals surface area contributed by atoms with E-state index in [9.17, 15) is 23.6 Å². The Morgan fingerprint density at radius 3 is 2.49 bits per heavy atom. The zero-order valence-electron chi connectivity index (χ0n) is 21.7.